The standard InChI is InChI=1S/C6H11FO4S/c1-6(2)10-3-5(11-6)4-12(7,8)9/h5H,3-4H2,1-2H3. The van der Waals surface area contributed by atoms with Gasteiger partial charge in [-0.3, -0.25) is 0 Å². The van der Waals surface area contributed by atoms with Gasteiger partial charge in [0, 0.05) is 0 Å². The highest BCUT2D eigenvalue weighted by atomic mass is 32.3. The van der Waals surface area contributed by atoms with Crippen molar-refractivity contribution >= 4 is 10.2 Å². The molecule has 1 atom stereocenters. The number of rotatable bonds is 2. The van der Waals surface area contributed by atoms with E-state index in [4.69, 9.17) is 9.47 Å². The van der Waals surface area contributed by atoms with Crippen molar-refractivity contribution in [2.24, 2.45) is 0 Å². The van der Waals surface area contributed by atoms with Crippen molar-refractivity contribution in [1.82, 2.24) is 0 Å². The van der Waals surface area contributed by atoms with Crippen molar-refractivity contribution < 1.29 is 21.8 Å². The molecule has 0 aliphatic carbocycles. The first-order valence-electron chi connectivity index (χ1n) is 3.53. The lowest BCUT2D eigenvalue weighted by Gasteiger charge is -2.16. The smallest absolute Gasteiger partial charge is 0.305 e. The minimum atomic E-state index is -4.46. The van der Waals surface area contributed by atoms with E-state index in [2.05, 4.69) is 0 Å². The van der Waals surface area contributed by atoms with Crippen LogP contribution in [0.25, 0.3) is 0 Å². The molecule has 1 saturated heterocycles. The molecule has 1 unspecified atom stereocenters. The van der Waals surface area contributed by atoms with Crippen LogP contribution >= 0.6 is 0 Å². The molecule has 0 radical (unpaired) electrons. The van der Waals surface area contributed by atoms with Crippen molar-refractivity contribution in [2.45, 2.75) is 25.7 Å². The first-order chi connectivity index (χ1) is 5.29. The summed E-state index contributed by atoms with van der Waals surface area (Å²) in [5.41, 5.74) is 0. The van der Waals surface area contributed by atoms with Gasteiger partial charge in [-0.15, -0.1) is 3.89 Å². The van der Waals surface area contributed by atoms with Crippen LogP contribution in [0, 0.1) is 0 Å². The van der Waals surface area contributed by atoms with E-state index in [-0.39, 0.29) is 6.61 Å². The number of halogens is 1. The Labute approximate surface area is 70.9 Å². The molecule has 12 heavy (non-hydrogen) atoms. The maximum Gasteiger partial charge on any atom is 0.305 e. The molecule has 0 aromatic heterocycles. The average Bonchev–Trinajstić information content (AvgIpc) is 2.05. The molecule has 1 aliphatic heterocycles. The molecule has 0 amide bonds. The Hall–Kier alpha value is -0.200. The molecule has 4 nitrogen and oxygen atoms in total. The second-order valence-corrected chi connectivity index (χ2v) is 4.57. The van der Waals surface area contributed by atoms with Crippen molar-refractivity contribution in [3.63, 3.8) is 0 Å². The van der Waals surface area contributed by atoms with Crippen LogP contribution in [0.1, 0.15) is 13.8 Å². The maximum atomic E-state index is 12.1. The first-order valence-corrected chi connectivity index (χ1v) is 5.08. The van der Waals surface area contributed by atoms with Crippen molar-refractivity contribution in [1.29, 1.82) is 0 Å². The van der Waals surface area contributed by atoms with Crippen molar-refractivity contribution in [3.05, 3.63) is 0 Å². The molecular weight excluding hydrogens is 187 g/mol. The van der Waals surface area contributed by atoms with Gasteiger partial charge in [-0.05, 0) is 13.8 Å². The molecule has 0 aromatic rings. The lowest BCUT2D eigenvalue weighted by molar-refractivity contribution is -0.135. The minimum absolute atomic E-state index is 0.121. The fourth-order valence-electron chi connectivity index (χ4n) is 1.07. The molecule has 1 fully saturated rings. The van der Waals surface area contributed by atoms with E-state index >= 15 is 0 Å². The zero-order chi connectivity index (χ0) is 9.41. The summed E-state index contributed by atoms with van der Waals surface area (Å²) < 4.78 is 42.7. The Bertz CT molecular complexity index is 259. The first kappa shape index (κ1) is 9.88. The summed E-state index contributed by atoms with van der Waals surface area (Å²) in [6.07, 6.45) is -0.685. The van der Waals surface area contributed by atoms with Crippen LogP contribution in [0.4, 0.5) is 3.89 Å². The molecule has 0 bridgehead atoms. The Morgan fingerprint density at radius 3 is 2.50 bits per heavy atom. The van der Waals surface area contributed by atoms with Crippen molar-refractivity contribution in [2.75, 3.05) is 12.4 Å². The molecule has 72 valence electrons. The lowest BCUT2D eigenvalue weighted by atomic mass is 10.4. The Kier molecular flexibility index (Phi) is 2.42. The highest BCUT2D eigenvalue weighted by molar-refractivity contribution is 7.86. The molecule has 0 N–H and O–H groups in total. The van der Waals surface area contributed by atoms with Gasteiger partial charge < -0.3 is 9.47 Å². The molecule has 1 aliphatic rings. The molecular formula is C6H11FO4S. The van der Waals surface area contributed by atoms with E-state index in [9.17, 15) is 12.3 Å². The van der Waals surface area contributed by atoms with Gasteiger partial charge in [0.2, 0.25) is 0 Å². The van der Waals surface area contributed by atoms with Crippen LogP contribution in [0.2, 0.25) is 0 Å². The third-order valence-electron chi connectivity index (χ3n) is 1.45. The van der Waals surface area contributed by atoms with Gasteiger partial charge in [0.25, 0.3) is 0 Å². The highest BCUT2D eigenvalue weighted by Gasteiger charge is 2.35. The summed E-state index contributed by atoms with van der Waals surface area (Å²) >= 11 is 0. The van der Waals surface area contributed by atoms with E-state index in [1.165, 1.54) is 0 Å². The highest BCUT2D eigenvalue weighted by Crippen LogP contribution is 2.23. The Morgan fingerprint density at radius 2 is 2.17 bits per heavy atom. The zero-order valence-corrected chi connectivity index (χ0v) is 7.73. The Balaban J connectivity index is 2.49. The quantitative estimate of drug-likeness (QED) is 0.604. The van der Waals surface area contributed by atoms with E-state index in [0.29, 0.717) is 0 Å². The number of hydrogen-bond donors (Lipinski definition) is 0. The summed E-state index contributed by atoms with van der Waals surface area (Å²) in [5.74, 6) is -1.42. The Morgan fingerprint density at radius 1 is 1.58 bits per heavy atom. The van der Waals surface area contributed by atoms with E-state index in [1.807, 2.05) is 0 Å². The van der Waals surface area contributed by atoms with Gasteiger partial charge in [0.15, 0.2) is 5.79 Å². The van der Waals surface area contributed by atoms with Gasteiger partial charge in [0.05, 0.1) is 6.61 Å². The van der Waals surface area contributed by atoms with Gasteiger partial charge in [-0.1, -0.05) is 0 Å². The minimum Gasteiger partial charge on any atom is -0.348 e. The predicted molar refractivity (Wildman–Crippen MR) is 39.8 cm³/mol. The summed E-state index contributed by atoms with van der Waals surface area (Å²) in [7, 11) is -4.46. The van der Waals surface area contributed by atoms with Crippen LogP contribution in [0.3, 0.4) is 0 Å². The van der Waals surface area contributed by atoms with Gasteiger partial charge in [-0.25, -0.2) is 0 Å². The van der Waals surface area contributed by atoms with E-state index < -0.39 is 27.9 Å². The third kappa shape index (κ3) is 3.04. The fourth-order valence-corrected chi connectivity index (χ4v) is 1.68. The zero-order valence-electron chi connectivity index (χ0n) is 6.91. The predicted octanol–water partition coefficient (Wildman–Crippen LogP) is 0.437. The largest absolute Gasteiger partial charge is 0.348 e. The third-order valence-corrected chi connectivity index (χ3v) is 2.22. The van der Waals surface area contributed by atoms with Crippen LogP contribution in [-0.4, -0.2) is 32.7 Å². The second-order valence-electron chi connectivity index (χ2n) is 3.16. The van der Waals surface area contributed by atoms with E-state index in [1.54, 1.807) is 13.8 Å². The second kappa shape index (κ2) is 2.93. The monoisotopic (exact) mass is 198 g/mol. The van der Waals surface area contributed by atoms with Gasteiger partial charge in [-0.2, -0.15) is 8.42 Å². The lowest BCUT2D eigenvalue weighted by Crippen LogP contribution is -2.25. The summed E-state index contributed by atoms with van der Waals surface area (Å²) in [6, 6.07) is 0. The van der Waals surface area contributed by atoms with Gasteiger partial charge in [0.1, 0.15) is 11.9 Å². The van der Waals surface area contributed by atoms with Crippen LogP contribution < -0.4 is 0 Å². The number of hydrogen-bond acceptors (Lipinski definition) is 4. The van der Waals surface area contributed by atoms with Crippen LogP contribution in [0.5, 0.6) is 0 Å². The molecule has 0 aromatic carbocycles. The molecule has 6 heteroatoms. The average molecular weight is 198 g/mol. The van der Waals surface area contributed by atoms with Crippen LogP contribution in [0.15, 0.2) is 0 Å². The molecule has 1 heterocycles. The maximum absolute atomic E-state index is 12.1. The normalized spacial score (nSPS) is 29.1. The van der Waals surface area contributed by atoms with Crippen LogP contribution in [-0.2, 0) is 19.7 Å². The fraction of sp³-hybridized carbons (Fsp3) is 1.00. The van der Waals surface area contributed by atoms with E-state index in [0.717, 1.165) is 0 Å². The topological polar surface area (TPSA) is 52.6 Å². The van der Waals surface area contributed by atoms with Crippen molar-refractivity contribution in [3.8, 4) is 0 Å². The summed E-state index contributed by atoms with van der Waals surface area (Å²) in [4.78, 5) is 0. The summed E-state index contributed by atoms with van der Waals surface area (Å²) in [6.45, 7) is 3.42. The molecule has 0 spiro atoms. The van der Waals surface area contributed by atoms with Gasteiger partial charge >= 0.3 is 10.2 Å². The molecule has 1 rings (SSSR count). The SMILES string of the molecule is CC1(C)OCC(CS(=O)(=O)F)O1. The molecule has 0 saturated carbocycles. The number of ether oxygens (including phenoxy) is 2. The summed E-state index contributed by atoms with van der Waals surface area (Å²) in [5, 5.41) is 0.